The van der Waals surface area contributed by atoms with Crippen LogP contribution < -0.4 is 5.56 Å². The fraction of sp³-hybridized carbons (Fsp3) is 0.273. The molecule has 0 aromatic carbocycles. The van der Waals surface area contributed by atoms with E-state index in [0.29, 0.717) is 11.7 Å². The number of halogens is 1. The third kappa shape index (κ3) is 2.02. The van der Waals surface area contributed by atoms with E-state index in [1.54, 1.807) is 27.6 Å². The molecule has 0 spiro atoms. The maximum Gasteiger partial charge on any atom is 0.251 e. The maximum absolute atomic E-state index is 11.7. The standard InChI is InChI=1S/C11H12ClN3O/c1-8-3-4-15(11(16)5-8)7-10-13-6-9(12)14(10)2/h3-6H,7H2,1-2H3. The summed E-state index contributed by atoms with van der Waals surface area (Å²) in [5, 5.41) is 0.565. The summed E-state index contributed by atoms with van der Waals surface area (Å²) in [5.41, 5.74) is 0.929. The van der Waals surface area contributed by atoms with Crippen LogP contribution in [0.15, 0.2) is 29.3 Å². The molecule has 0 fully saturated rings. The number of imidazole rings is 1. The van der Waals surface area contributed by atoms with Crippen molar-refractivity contribution in [1.82, 2.24) is 14.1 Å². The average Bonchev–Trinajstić information content (AvgIpc) is 2.54. The van der Waals surface area contributed by atoms with Crippen LogP contribution in [0.1, 0.15) is 11.4 Å². The van der Waals surface area contributed by atoms with Crippen LogP contribution in [0.5, 0.6) is 0 Å². The molecule has 0 N–H and O–H groups in total. The van der Waals surface area contributed by atoms with Crippen LogP contribution in [0.25, 0.3) is 0 Å². The first-order valence-corrected chi connectivity index (χ1v) is 5.29. The monoisotopic (exact) mass is 237 g/mol. The largest absolute Gasteiger partial charge is 0.321 e. The number of pyridine rings is 1. The summed E-state index contributed by atoms with van der Waals surface area (Å²) >= 11 is 5.87. The van der Waals surface area contributed by atoms with Gasteiger partial charge in [-0.1, -0.05) is 11.6 Å². The van der Waals surface area contributed by atoms with Gasteiger partial charge in [-0.05, 0) is 18.6 Å². The lowest BCUT2D eigenvalue weighted by Crippen LogP contribution is -2.20. The number of hydrogen-bond acceptors (Lipinski definition) is 2. The zero-order chi connectivity index (χ0) is 11.7. The summed E-state index contributed by atoms with van der Waals surface area (Å²) in [6.45, 7) is 2.33. The Morgan fingerprint density at radius 2 is 2.25 bits per heavy atom. The second-order valence-corrected chi connectivity index (χ2v) is 4.11. The first kappa shape index (κ1) is 11.0. The molecule has 0 aliphatic heterocycles. The van der Waals surface area contributed by atoms with Crippen LogP contribution in [0.4, 0.5) is 0 Å². The van der Waals surface area contributed by atoms with Crippen LogP contribution in [-0.4, -0.2) is 14.1 Å². The van der Waals surface area contributed by atoms with Gasteiger partial charge in [0.1, 0.15) is 11.0 Å². The van der Waals surface area contributed by atoms with Gasteiger partial charge in [0.2, 0.25) is 0 Å². The van der Waals surface area contributed by atoms with E-state index in [1.165, 1.54) is 0 Å². The summed E-state index contributed by atoms with van der Waals surface area (Å²) < 4.78 is 3.36. The fourth-order valence-electron chi connectivity index (χ4n) is 1.46. The van der Waals surface area contributed by atoms with E-state index in [2.05, 4.69) is 4.98 Å². The lowest BCUT2D eigenvalue weighted by Gasteiger charge is -2.06. The van der Waals surface area contributed by atoms with E-state index in [-0.39, 0.29) is 5.56 Å². The molecule has 0 unspecified atom stereocenters. The van der Waals surface area contributed by atoms with Crippen molar-refractivity contribution < 1.29 is 0 Å². The number of nitrogens with zero attached hydrogens (tertiary/aromatic N) is 3. The van der Waals surface area contributed by atoms with Gasteiger partial charge in [-0.2, -0.15) is 0 Å². The number of rotatable bonds is 2. The van der Waals surface area contributed by atoms with Crippen molar-refractivity contribution in [2.45, 2.75) is 13.5 Å². The van der Waals surface area contributed by atoms with Gasteiger partial charge >= 0.3 is 0 Å². The minimum absolute atomic E-state index is 0.0286. The van der Waals surface area contributed by atoms with Gasteiger partial charge in [0.15, 0.2) is 0 Å². The first-order chi connectivity index (χ1) is 7.58. The summed E-state index contributed by atoms with van der Waals surface area (Å²) in [6.07, 6.45) is 3.34. The Hall–Kier alpha value is -1.55. The molecule has 84 valence electrons. The Morgan fingerprint density at radius 1 is 1.50 bits per heavy atom. The zero-order valence-electron chi connectivity index (χ0n) is 9.14. The average molecular weight is 238 g/mol. The molecule has 0 saturated carbocycles. The molecule has 0 bridgehead atoms. The van der Waals surface area contributed by atoms with Gasteiger partial charge in [0, 0.05) is 19.3 Å². The highest BCUT2D eigenvalue weighted by atomic mass is 35.5. The van der Waals surface area contributed by atoms with E-state index in [9.17, 15) is 4.79 Å². The molecule has 0 radical (unpaired) electrons. The molecule has 16 heavy (non-hydrogen) atoms. The predicted octanol–water partition coefficient (Wildman–Crippen LogP) is 1.59. The van der Waals surface area contributed by atoms with E-state index in [4.69, 9.17) is 11.6 Å². The molecule has 2 heterocycles. The smallest absolute Gasteiger partial charge is 0.251 e. The fourth-order valence-corrected chi connectivity index (χ4v) is 1.61. The Morgan fingerprint density at radius 3 is 2.81 bits per heavy atom. The van der Waals surface area contributed by atoms with Gasteiger partial charge in [-0.15, -0.1) is 0 Å². The molecule has 0 saturated heterocycles. The highest BCUT2D eigenvalue weighted by molar-refractivity contribution is 6.29. The van der Waals surface area contributed by atoms with Crippen molar-refractivity contribution in [2.75, 3.05) is 0 Å². The maximum atomic E-state index is 11.7. The van der Waals surface area contributed by atoms with Crippen LogP contribution in [0.2, 0.25) is 5.15 Å². The molecule has 2 aromatic heterocycles. The molecule has 0 amide bonds. The van der Waals surface area contributed by atoms with Crippen molar-refractivity contribution in [3.05, 3.63) is 51.4 Å². The molecule has 0 aliphatic rings. The molecule has 2 aromatic rings. The second kappa shape index (κ2) is 4.14. The third-order valence-electron chi connectivity index (χ3n) is 2.49. The molecule has 0 atom stereocenters. The summed E-state index contributed by atoms with van der Waals surface area (Å²) in [4.78, 5) is 15.8. The summed E-state index contributed by atoms with van der Waals surface area (Å²) in [6, 6.07) is 3.50. The SMILES string of the molecule is Cc1ccn(Cc2ncc(Cl)n2C)c(=O)c1. The van der Waals surface area contributed by atoms with Crippen LogP contribution >= 0.6 is 11.6 Å². The van der Waals surface area contributed by atoms with Gasteiger partial charge < -0.3 is 9.13 Å². The van der Waals surface area contributed by atoms with E-state index < -0.39 is 0 Å². The highest BCUT2D eigenvalue weighted by Gasteiger charge is 2.05. The highest BCUT2D eigenvalue weighted by Crippen LogP contribution is 2.09. The quantitative estimate of drug-likeness (QED) is 0.796. The normalized spacial score (nSPS) is 10.7. The van der Waals surface area contributed by atoms with Crippen LogP contribution in [-0.2, 0) is 13.6 Å². The van der Waals surface area contributed by atoms with Gasteiger partial charge in [0.05, 0.1) is 12.7 Å². The molecule has 0 aliphatic carbocycles. The van der Waals surface area contributed by atoms with Crippen molar-refractivity contribution in [3.8, 4) is 0 Å². The first-order valence-electron chi connectivity index (χ1n) is 4.91. The lowest BCUT2D eigenvalue weighted by atomic mass is 10.3. The predicted molar refractivity (Wildman–Crippen MR) is 62.8 cm³/mol. The molecule has 5 heteroatoms. The van der Waals surface area contributed by atoms with E-state index in [1.807, 2.05) is 20.0 Å². The van der Waals surface area contributed by atoms with Crippen molar-refractivity contribution >= 4 is 11.6 Å². The van der Waals surface area contributed by atoms with Gasteiger partial charge in [0.25, 0.3) is 5.56 Å². The minimum Gasteiger partial charge on any atom is -0.321 e. The second-order valence-electron chi connectivity index (χ2n) is 3.73. The topological polar surface area (TPSA) is 39.8 Å². The van der Waals surface area contributed by atoms with Crippen molar-refractivity contribution in [1.29, 1.82) is 0 Å². The van der Waals surface area contributed by atoms with E-state index in [0.717, 1.165) is 11.4 Å². The zero-order valence-corrected chi connectivity index (χ0v) is 9.90. The summed E-state index contributed by atoms with van der Waals surface area (Å²) in [7, 11) is 1.82. The molecular weight excluding hydrogens is 226 g/mol. The Kier molecular flexibility index (Phi) is 2.83. The Labute approximate surface area is 98.1 Å². The third-order valence-corrected chi connectivity index (χ3v) is 2.84. The Bertz CT molecular complexity index is 571. The number of aromatic nitrogens is 3. The van der Waals surface area contributed by atoms with Gasteiger partial charge in [-0.3, -0.25) is 4.79 Å². The van der Waals surface area contributed by atoms with Crippen molar-refractivity contribution in [2.24, 2.45) is 7.05 Å². The minimum atomic E-state index is -0.0286. The van der Waals surface area contributed by atoms with Gasteiger partial charge in [-0.25, -0.2) is 4.98 Å². The van der Waals surface area contributed by atoms with E-state index >= 15 is 0 Å². The summed E-state index contributed by atoms with van der Waals surface area (Å²) in [5.74, 6) is 0.760. The number of aryl methyl sites for hydroxylation is 1. The van der Waals surface area contributed by atoms with Crippen LogP contribution in [0, 0.1) is 6.92 Å². The lowest BCUT2D eigenvalue weighted by molar-refractivity contribution is 0.678. The molecule has 4 nitrogen and oxygen atoms in total. The van der Waals surface area contributed by atoms with Crippen LogP contribution in [0.3, 0.4) is 0 Å². The Balaban J connectivity index is 2.34. The van der Waals surface area contributed by atoms with Crippen molar-refractivity contribution in [3.63, 3.8) is 0 Å². The number of hydrogen-bond donors (Lipinski definition) is 0. The molecular formula is C11H12ClN3O. The molecule has 2 rings (SSSR count).